The second-order valence-electron chi connectivity index (χ2n) is 5.64. The predicted molar refractivity (Wildman–Crippen MR) is 82.2 cm³/mol. The highest BCUT2D eigenvalue weighted by Gasteiger charge is 2.19. The Labute approximate surface area is 118 Å². The van der Waals surface area contributed by atoms with Gasteiger partial charge < -0.3 is 15.0 Å². The van der Waals surface area contributed by atoms with Gasteiger partial charge in [0.05, 0.1) is 7.11 Å². The van der Waals surface area contributed by atoms with Gasteiger partial charge in [0.25, 0.3) is 0 Å². The molecule has 0 fully saturated rings. The maximum Gasteiger partial charge on any atom is 0.122 e. The Bertz CT molecular complexity index is 413. The van der Waals surface area contributed by atoms with E-state index < -0.39 is 0 Å². The van der Waals surface area contributed by atoms with Crippen LogP contribution in [0.3, 0.4) is 0 Å². The van der Waals surface area contributed by atoms with Crippen molar-refractivity contribution < 1.29 is 4.74 Å². The van der Waals surface area contributed by atoms with E-state index in [1.165, 1.54) is 16.7 Å². The maximum atomic E-state index is 5.51. The zero-order valence-corrected chi connectivity index (χ0v) is 13.4. The lowest BCUT2D eigenvalue weighted by Crippen LogP contribution is -2.29. The van der Waals surface area contributed by atoms with Crippen LogP contribution in [0.4, 0.5) is 0 Å². The molecule has 1 atom stereocenters. The summed E-state index contributed by atoms with van der Waals surface area (Å²) in [5.41, 5.74) is 3.95. The van der Waals surface area contributed by atoms with Crippen LogP contribution in [0.2, 0.25) is 0 Å². The molecule has 0 saturated heterocycles. The first-order valence-electron chi connectivity index (χ1n) is 6.91. The van der Waals surface area contributed by atoms with Crippen LogP contribution in [0, 0.1) is 6.92 Å². The summed E-state index contributed by atoms with van der Waals surface area (Å²) in [6, 6.07) is 4.85. The summed E-state index contributed by atoms with van der Waals surface area (Å²) in [4.78, 5) is 2.26. The number of likely N-dealkylation sites (N-methyl/N-ethyl adjacent to an activating group) is 2. The molecule has 0 heterocycles. The van der Waals surface area contributed by atoms with Crippen LogP contribution in [0.15, 0.2) is 12.1 Å². The lowest BCUT2D eigenvalue weighted by molar-refractivity contribution is 0.292. The van der Waals surface area contributed by atoms with E-state index in [1.54, 1.807) is 7.11 Å². The molecule has 1 unspecified atom stereocenters. The highest BCUT2D eigenvalue weighted by Crippen LogP contribution is 2.33. The van der Waals surface area contributed by atoms with Crippen LogP contribution in [0.5, 0.6) is 5.75 Å². The van der Waals surface area contributed by atoms with Crippen molar-refractivity contribution >= 4 is 0 Å². The number of nitrogens with zero attached hydrogens (tertiary/aromatic N) is 1. The fourth-order valence-electron chi connectivity index (χ4n) is 2.47. The number of rotatable bonds is 6. The molecule has 0 aliphatic heterocycles. The van der Waals surface area contributed by atoms with Gasteiger partial charge in [0.15, 0.2) is 0 Å². The number of aryl methyl sites for hydroxylation is 1. The van der Waals surface area contributed by atoms with E-state index in [2.05, 4.69) is 57.2 Å². The first kappa shape index (κ1) is 16.0. The predicted octanol–water partition coefficient (Wildman–Crippen LogP) is 2.95. The van der Waals surface area contributed by atoms with E-state index in [-0.39, 0.29) is 0 Å². The summed E-state index contributed by atoms with van der Waals surface area (Å²) in [7, 11) is 8.00. The fourth-order valence-corrected chi connectivity index (χ4v) is 2.47. The van der Waals surface area contributed by atoms with Crippen molar-refractivity contribution in [3.63, 3.8) is 0 Å². The second kappa shape index (κ2) is 6.92. The van der Waals surface area contributed by atoms with Gasteiger partial charge in [-0.1, -0.05) is 13.8 Å². The standard InChI is InChI=1S/C16H28N2O/c1-11(2)13-9-14(12(3)8-16(13)19-7)15(10-17-4)18(5)6/h8-9,11,15,17H,10H2,1-7H3. The van der Waals surface area contributed by atoms with Crippen molar-refractivity contribution in [3.8, 4) is 5.75 Å². The SMILES string of the molecule is CNCC(c1cc(C(C)C)c(OC)cc1C)N(C)C. The maximum absolute atomic E-state index is 5.51. The molecular formula is C16H28N2O. The number of hydrogen-bond donors (Lipinski definition) is 1. The first-order valence-corrected chi connectivity index (χ1v) is 6.91. The summed E-state index contributed by atoms with van der Waals surface area (Å²) in [6.07, 6.45) is 0. The Morgan fingerprint density at radius 3 is 2.26 bits per heavy atom. The third kappa shape index (κ3) is 3.71. The Balaban J connectivity index is 3.30. The summed E-state index contributed by atoms with van der Waals surface area (Å²) in [5.74, 6) is 1.46. The van der Waals surface area contributed by atoms with Crippen molar-refractivity contribution in [2.24, 2.45) is 0 Å². The van der Waals surface area contributed by atoms with Gasteiger partial charge in [-0.25, -0.2) is 0 Å². The first-order chi connectivity index (χ1) is 8.92. The lowest BCUT2D eigenvalue weighted by atomic mass is 9.92. The molecular weight excluding hydrogens is 236 g/mol. The third-order valence-electron chi connectivity index (χ3n) is 3.62. The second-order valence-corrected chi connectivity index (χ2v) is 5.64. The molecule has 0 aliphatic carbocycles. The van der Waals surface area contributed by atoms with E-state index in [1.807, 2.05) is 7.05 Å². The van der Waals surface area contributed by atoms with Gasteiger partial charge in [0.1, 0.15) is 5.75 Å². The van der Waals surface area contributed by atoms with E-state index in [0.29, 0.717) is 12.0 Å². The van der Waals surface area contributed by atoms with Gasteiger partial charge in [-0.15, -0.1) is 0 Å². The molecule has 1 rings (SSSR count). The Kier molecular flexibility index (Phi) is 5.83. The Hall–Kier alpha value is -1.06. The highest BCUT2D eigenvalue weighted by molar-refractivity contribution is 5.45. The van der Waals surface area contributed by atoms with Crippen LogP contribution in [-0.2, 0) is 0 Å². The minimum atomic E-state index is 0.383. The normalized spacial score (nSPS) is 13.1. The van der Waals surface area contributed by atoms with Crippen molar-refractivity contribution in [2.45, 2.75) is 32.7 Å². The molecule has 0 spiro atoms. The Morgan fingerprint density at radius 2 is 1.84 bits per heavy atom. The van der Waals surface area contributed by atoms with Gasteiger partial charge in [-0.2, -0.15) is 0 Å². The molecule has 0 bridgehead atoms. The molecule has 1 aromatic carbocycles. The van der Waals surface area contributed by atoms with Gasteiger partial charge >= 0.3 is 0 Å². The average Bonchev–Trinajstić information content (AvgIpc) is 2.35. The molecule has 0 saturated carbocycles. The summed E-state index contributed by atoms with van der Waals surface area (Å²) in [6.45, 7) is 7.52. The molecule has 0 radical (unpaired) electrons. The van der Waals surface area contributed by atoms with E-state index in [9.17, 15) is 0 Å². The monoisotopic (exact) mass is 264 g/mol. The molecule has 0 amide bonds. The van der Waals surface area contributed by atoms with Gasteiger partial charge in [-0.05, 0) is 62.8 Å². The molecule has 0 aliphatic rings. The summed E-state index contributed by atoms with van der Waals surface area (Å²) in [5, 5.41) is 3.28. The third-order valence-corrected chi connectivity index (χ3v) is 3.62. The molecule has 19 heavy (non-hydrogen) atoms. The quantitative estimate of drug-likeness (QED) is 0.855. The van der Waals surface area contributed by atoms with Crippen LogP contribution in [0.1, 0.15) is 42.5 Å². The molecule has 3 nitrogen and oxygen atoms in total. The van der Waals surface area contributed by atoms with E-state index >= 15 is 0 Å². The number of ether oxygens (including phenoxy) is 1. The smallest absolute Gasteiger partial charge is 0.122 e. The van der Waals surface area contributed by atoms with Crippen LogP contribution in [-0.4, -0.2) is 39.7 Å². The Morgan fingerprint density at radius 1 is 1.21 bits per heavy atom. The van der Waals surface area contributed by atoms with E-state index in [4.69, 9.17) is 4.74 Å². The largest absolute Gasteiger partial charge is 0.496 e. The lowest BCUT2D eigenvalue weighted by Gasteiger charge is -2.27. The van der Waals surface area contributed by atoms with Crippen molar-refractivity contribution in [2.75, 3.05) is 34.8 Å². The molecule has 0 aromatic heterocycles. The number of methoxy groups -OCH3 is 1. The molecule has 1 N–H and O–H groups in total. The topological polar surface area (TPSA) is 24.5 Å². The van der Waals surface area contributed by atoms with Crippen LogP contribution in [0.25, 0.3) is 0 Å². The van der Waals surface area contributed by atoms with Crippen molar-refractivity contribution in [1.29, 1.82) is 0 Å². The number of nitrogens with one attached hydrogen (secondary N) is 1. The van der Waals surface area contributed by atoms with E-state index in [0.717, 1.165) is 12.3 Å². The summed E-state index contributed by atoms with van der Waals surface area (Å²) < 4.78 is 5.51. The zero-order valence-electron chi connectivity index (χ0n) is 13.4. The van der Waals surface area contributed by atoms with Crippen molar-refractivity contribution in [1.82, 2.24) is 10.2 Å². The summed E-state index contributed by atoms with van der Waals surface area (Å²) >= 11 is 0. The van der Waals surface area contributed by atoms with Crippen LogP contribution < -0.4 is 10.1 Å². The minimum absolute atomic E-state index is 0.383. The fraction of sp³-hybridized carbons (Fsp3) is 0.625. The van der Waals surface area contributed by atoms with Crippen LogP contribution >= 0.6 is 0 Å². The minimum Gasteiger partial charge on any atom is -0.496 e. The van der Waals surface area contributed by atoms with Gasteiger partial charge in [-0.3, -0.25) is 0 Å². The average molecular weight is 264 g/mol. The van der Waals surface area contributed by atoms with Gasteiger partial charge in [0, 0.05) is 12.6 Å². The zero-order chi connectivity index (χ0) is 14.6. The number of hydrogen-bond acceptors (Lipinski definition) is 3. The molecule has 3 heteroatoms. The van der Waals surface area contributed by atoms with Crippen molar-refractivity contribution in [3.05, 3.63) is 28.8 Å². The highest BCUT2D eigenvalue weighted by atomic mass is 16.5. The molecule has 1 aromatic rings. The van der Waals surface area contributed by atoms with Gasteiger partial charge in [0.2, 0.25) is 0 Å². The molecule has 108 valence electrons. The number of benzene rings is 1.